The molecule has 0 saturated carbocycles. The normalized spacial score (nSPS) is 19.6. The summed E-state index contributed by atoms with van der Waals surface area (Å²) in [7, 11) is 0. The second-order valence-corrected chi connectivity index (χ2v) is 3.04. The summed E-state index contributed by atoms with van der Waals surface area (Å²) in [6, 6.07) is 0. The van der Waals surface area contributed by atoms with Crippen LogP contribution in [0.5, 0.6) is 0 Å². The van der Waals surface area contributed by atoms with Gasteiger partial charge >= 0.3 is 0 Å². The lowest BCUT2D eigenvalue weighted by atomic mass is 10.2. The van der Waals surface area contributed by atoms with Gasteiger partial charge < -0.3 is 5.01 Å². The fraction of sp³-hybridized carbons (Fsp3) is 0.778. The first-order valence-electron chi connectivity index (χ1n) is 4.77. The number of hydrazine groups is 2. The zero-order valence-electron chi connectivity index (χ0n) is 8.30. The van der Waals surface area contributed by atoms with Crippen molar-refractivity contribution in [3.05, 3.63) is 11.8 Å². The van der Waals surface area contributed by atoms with Crippen LogP contribution in [0.1, 0.15) is 27.2 Å². The molecule has 0 aromatic rings. The standard InChI is InChI=1S/C9H19N3/c1-4-9-7-11(5-2)10-12(6-3)8-9/h7,10H,4-6,8H2,1-3H3. The molecular weight excluding hydrogens is 150 g/mol. The van der Waals surface area contributed by atoms with Crippen LogP contribution in [-0.2, 0) is 0 Å². The largest absolute Gasteiger partial charge is 0.302 e. The molecule has 0 aliphatic carbocycles. The molecule has 1 N–H and O–H groups in total. The summed E-state index contributed by atoms with van der Waals surface area (Å²) in [5.74, 6) is 0. The van der Waals surface area contributed by atoms with Crippen LogP contribution in [0.4, 0.5) is 0 Å². The van der Waals surface area contributed by atoms with Crippen LogP contribution < -0.4 is 5.53 Å². The molecule has 3 nitrogen and oxygen atoms in total. The summed E-state index contributed by atoms with van der Waals surface area (Å²) in [5.41, 5.74) is 4.80. The van der Waals surface area contributed by atoms with Crippen molar-refractivity contribution in [2.75, 3.05) is 19.6 Å². The van der Waals surface area contributed by atoms with Gasteiger partial charge in [-0.2, -0.15) is 5.53 Å². The molecule has 1 aliphatic heterocycles. The lowest BCUT2D eigenvalue weighted by Gasteiger charge is -2.34. The highest BCUT2D eigenvalue weighted by molar-refractivity contribution is 5.04. The van der Waals surface area contributed by atoms with Crippen molar-refractivity contribution >= 4 is 0 Å². The molecule has 0 spiro atoms. The SMILES string of the molecule is CCC1=CN(CC)NN(CC)C1. The molecule has 0 unspecified atom stereocenters. The Balaban J connectivity index is 2.57. The number of likely N-dealkylation sites (N-methyl/N-ethyl adjacent to an activating group) is 1. The van der Waals surface area contributed by atoms with Crippen LogP contribution in [0.15, 0.2) is 11.8 Å². The second kappa shape index (κ2) is 4.48. The molecule has 3 heteroatoms. The average Bonchev–Trinajstić information content (AvgIpc) is 2.16. The summed E-state index contributed by atoms with van der Waals surface area (Å²) in [5, 5.41) is 4.36. The van der Waals surface area contributed by atoms with E-state index in [1.807, 2.05) is 0 Å². The van der Waals surface area contributed by atoms with E-state index in [1.54, 1.807) is 0 Å². The fourth-order valence-electron chi connectivity index (χ4n) is 1.30. The minimum Gasteiger partial charge on any atom is -0.302 e. The predicted octanol–water partition coefficient (Wildman–Crippen LogP) is 1.36. The Kier molecular flexibility index (Phi) is 3.56. The third-order valence-corrected chi connectivity index (χ3v) is 2.18. The number of nitrogens with zero attached hydrogens (tertiary/aromatic N) is 2. The zero-order chi connectivity index (χ0) is 8.97. The highest BCUT2D eigenvalue weighted by Gasteiger charge is 2.12. The number of hydrogen-bond acceptors (Lipinski definition) is 3. The van der Waals surface area contributed by atoms with Crippen LogP contribution in [0.2, 0.25) is 0 Å². The number of hydrogen-bond donors (Lipinski definition) is 1. The van der Waals surface area contributed by atoms with Crippen molar-refractivity contribution < 1.29 is 0 Å². The molecule has 0 amide bonds. The lowest BCUT2D eigenvalue weighted by Crippen LogP contribution is -2.51. The van der Waals surface area contributed by atoms with Crippen molar-refractivity contribution in [1.82, 2.24) is 15.6 Å². The molecule has 0 radical (unpaired) electrons. The Labute approximate surface area is 75.0 Å². The smallest absolute Gasteiger partial charge is 0.0376 e. The first kappa shape index (κ1) is 9.55. The summed E-state index contributed by atoms with van der Waals surface area (Å²) in [6.07, 6.45) is 3.36. The van der Waals surface area contributed by atoms with Gasteiger partial charge in [0.25, 0.3) is 0 Å². The topological polar surface area (TPSA) is 18.5 Å². The van der Waals surface area contributed by atoms with E-state index in [0.717, 1.165) is 26.1 Å². The molecule has 0 saturated heterocycles. The molecule has 70 valence electrons. The maximum Gasteiger partial charge on any atom is 0.0376 e. The highest BCUT2D eigenvalue weighted by atomic mass is 15.7. The third-order valence-electron chi connectivity index (χ3n) is 2.18. The minimum absolute atomic E-state index is 1.01. The van der Waals surface area contributed by atoms with E-state index in [2.05, 4.69) is 42.5 Å². The van der Waals surface area contributed by atoms with Crippen LogP contribution in [0.25, 0.3) is 0 Å². The van der Waals surface area contributed by atoms with Crippen LogP contribution in [0.3, 0.4) is 0 Å². The highest BCUT2D eigenvalue weighted by Crippen LogP contribution is 2.08. The van der Waals surface area contributed by atoms with Gasteiger partial charge in [0, 0.05) is 25.8 Å². The minimum atomic E-state index is 1.01. The molecule has 1 aliphatic rings. The van der Waals surface area contributed by atoms with E-state index >= 15 is 0 Å². The Morgan fingerprint density at radius 2 is 2.08 bits per heavy atom. The van der Waals surface area contributed by atoms with Crippen molar-refractivity contribution in [2.45, 2.75) is 27.2 Å². The summed E-state index contributed by atoms with van der Waals surface area (Å²) >= 11 is 0. The first-order valence-corrected chi connectivity index (χ1v) is 4.77. The van der Waals surface area contributed by atoms with Gasteiger partial charge in [-0.25, -0.2) is 5.01 Å². The summed E-state index contributed by atoms with van der Waals surface area (Å²) in [6.45, 7) is 9.64. The molecule has 0 aromatic carbocycles. The zero-order valence-corrected chi connectivity index (χ0v) is 8.30. The first-order chi connectivity index (χ1) is 5.80. The van der Waals surface area contributed by atoms with Crippen molar-refractivity contribution in [2.24, 2.45) is 0 Å². The number of nitrogens with one attached hydrogen (secondary N) is 1. The molecule has 1 rings (SSSR count). The molecule has 1 heterocycles. The molecular formula is C9H19N3. The average molecular weight is 169 g/mol. The Morgan fingerprint density at radius 3 is 2.58 bits per heavy atom. The van der Waals surface area contributed by atoms with E-state index < -0.39 is 0 Å². The van der Waals surface area contributed by atoms with Gasteiger partial charge in [-0.15, -0.1) is 0 Å². The summed E-state index contributed by atoms with van der Waals surface area (Å²) in [4.78, 5) is 0. The van der Waals surface area contributed by atoms with Gasteiger partial charge in [-0.05, 0) is 18.9 Å². The van der Waals surface area contributed by atoms with Gasteiger partial charge in [0.2, 0.25) is 0 Å². The van der Waals surface area contributed by atoms with Gasteiger partial charge in [0.1, 0.15) is 0 Å². The van der Waals surface area contributed by atoms with Crippen molar-refractivity contribution in [3.63, 3.8) is 0 Å². The monoisotopic (exact) mass is 169 g/mol. The van der Waals surface area contributed by atoms with E-state index in [1.165, 1.54) is 5.57 Å². The third kappa shape index (κ3) is 2.22. The van der Waals surface area contributed by atoms with Crippen molar-refractivity contribution in [3.8, 4) is 0 Å². The Morgan fingerprint density at radius 1 is 1.33 bits per heavy atom. The van der Waals surface area contributed by atoms with Crippen LogP contribution >= 0.6 is 0 Å². The predicted molar refractivity (Wildman–Crippen MR) is 51.1 cm³/mol. The van der Waals surface area contributed by atoms with Gasteiger partial charge in [-0.3, -0.25) is 0 Å². The quantitative estimate of drug-likeness (QED) is 0.688. The Bertz CT molecular complexity index is 165. The molecule has 0 bridgehead atoms. The van der Waals surface area contributed by atoms with Crippen molar-refractivity contribution in [1.29, 1.82) is 0 Å². The molecule has 0 atom stereocenters. The fourth-order valence-corrected chi connectivity index (χ4v) is 1.30. The Hall–Kier alpha value is -0.540. The summed E-state index contributed by atoms with van der Waals surface area (Å²) < 4.78 is 0. The molecule has 12 heavy (non-hydrogen) atoms. The van der Waals surface area contributed by atoms with Gasteiger partial charge in [0.05, 0.1) is 0 Å². The lowest BCUT2D eigenvalue weighted by molar-refractivity contribution is 0.0572. The van der Waals surface area contributed by atoms with Crippen LogP contribution in [0, 0.1) is 0 Å². The second-order valence-electron chi connectivity index (χ2n) is 3.04. The molecule has 0 aromatic heterocycles. The maximum atomic E-state index is 3.31. The van der Waals surface area contributed by atoms with E-state index in [-0.39, 0.29) is 0 Å². The van der Waals surface area contributed by atoms with E-state index in [9.17, 15) is 0 Å². The number of rotatable bonds is 3. The molecule has 0 fully saturated rings. The maximum absolute atomic E-state index is 3.31. The van der Waals surface area contributed by atoms with Gasteiger partial charge in [-0.1, -0.05) is 13.8 Å². The van der Waals surface area contributed by atoms with E-state index in [4.69, 9.17) is 0 Å². The van der Waals surface area contributed by atoms with Gasteiger partial charge in [0.15, 0.2) is 0 Å². The van der Waals surface area contributed by atoms with E-state index in [0.29, 0.717) is 0 Å². The van der Waals surface area contributed by atoms with Crippen LogP contribution in [-0.4, -0.2) is 29.7 Å².